The highest BCUT2D eigenvalue weighted by molar-refractivity contribution is 6.38. The lowest BCUT2D eigenvalue weighted by Crippen LogP contribution is -2.27. The van der Waals surface area contributed by atoms with Crippen LogP contribution in [-0.4, -0.2) is 25.2 Å². The number of rotatable bonds is 1. The average molecular weight is 335 g/mol. The summed E-state index contributed by atoms with van der Waals surface area (Å²) in [5.41, 5.74) is 1.36. The molecular weight excluding hydrogens is 322 g/mol. The zero-order valence-corrected chi connectivity index (χ0v) is 13.3. The summed E-state index contributed by atoms with van der Waals surface area (Å²) in [6.45, 7) is 1.58. The van der Waals surface area contributed by atoms with Crippen molar-refractivity contribution < 1.29 is 13.6 Å². The summed E-state index contributed by atoms with van der Waals surface area (Å²) in [5.74, 6) is -1.77. The number of benzene rings is 2. The number of nitrogens with zero attached hydrogens (tertiary/aromatic N) is 2. The molecule has 0 saturated carbocycles. The van der Waals surface area contributed by atoms with Gasteiger partial charge in [0.1, 0.15) is 18.2 Å². The van der Waals surface area contributed by atoms with Gasteiger partial charge in [0.15, 0.2) is 0 Å². The van der Waals surface area contributed by atoms with Gasteiger partial charge < -0.3 is 4.90 Å². The molecule has 0 fully saturated rings. The van der Waals surface area contributed by atoms with Crippen molar-refractivity contribution in [3.63, 3.8) is 0 Å². The minimum Gasteiger partial charge on any atom is -0.313 e. The van der Waals surface area contributed by atoms with Crippen LogP contribution >= 0.6 is 11.6 Å². The standard InChI is InChI=1S/C17H13ClF2N2O/c1-9-6-7-12-15(16(9)18)17(21-8-13(23)22(12)2)14-10(19)4-3-5-11(14)20/h3-7H,8H2,1-2H3. The number of benzodiazepines with no additional fused rings is 1. The van der Waals surface area contributed by atoms with E-state index >= 15 is 0 Å². The number of anilines is 1. The first-order chi connectivity index (χ1) is 10.9. The van der Waals surface area contributed by atoms with E-state index in [0.29, 0.717) is 16.3 Å². The van der Waals surface area contributed by atoms with Crippen LogP contribution in [0, 0.1) is 18.6 Å². The summed E-state index contributed by atoms with van der Waals surface area (Å²) in [7, 11) is 1.59. The molecule has 1 aliphatic heterocycles. The predicted octanol–water partition coefficient (Wildman–Crippen LogP) is 3.74. The van der Waals surface area contributed by atoms with Crippen molar-refractivity contribution in [2.24, 2.45) is 4.99 Å². The maximum atomic E-state index is 14.2. The molecule has 1 aliphatic rings. The van der Waals surface area contributed by atoms with E-state index in [4.69, 9.17) is 11.6 Å². The van der Waals surface area contributed by atoms with Gasteiger partial charge in [-0.2, -0.15) is 0 Å². The number of aryl methyl sites for hydroxylation is 1. The molecule has 0 atom stereocenters. The van der Waals surface area contributed by atoms with Crippen LogP contribution in [0.3, 0.4) is 0 Å². The maximum absolute atomic E-state index is 14.2. The van der Waals surface area contributed by atoms with E-state index in [1.807, 2.05) is 0 Å². The molecule has 3 nitrogen and oxygen atoms in total. The molecule has 118 valence electrons. The van der Waals surface area contributed by atoms with Gasteiger partial charge in [-0.15, -0.1) is 0 Å². The lowest BCUT2D eigenvalue weighted by atomic mass is 9.97. The molecule has 0 unspecified atom stereocenters. The molecule has 1 amide bonds. The van der Waals surface area contributed by atoms with Crippen molar-refractivity contribution in [1.29, 1.82) is 0 Å². The number of carbonyl (C=O) groups is 1. The molecule has 2 aromatic rings. The van der Waals surface area contributed by atoms with Crippen LogP contribution in [0.1, 0.15) is 16.7 Å². The van der Waals surface area contributed by atoms with E-state index in [-0.39, 0.29) is 23.7 Å². The third-order valence-electron chi connectivity index (χ3n) is 3.86. The highest BCUT2D eigenvalue weighted by Gasteiger charge is 2.28. The summed E-state index contributed by atoms with van der Waals surface area (Å²) >= 11 is 6.38. The normalized spacial score (nSPS) is 14.4. The van der Waals surface area contributed by atoms with E-state index in [9.17, 15) is 13.6 Å². The molecular formula is C17H13ClF2N2O. The molecule has 0 saturated heterocycles. The van der Waals surface area contributed by atoms with Gasteiger partial charge in [-0.3, -0.25) is 9.79 Å². The molecule has 0 aliphatic carbocycles. The van der Waals surface area contributed by atoms with Crippen LogP contribution in [0.2, 0.25) is 5.02 Å². The number of likely N-dealkylation sites (N-methyl/N-ethyl adjacent to an activating group) is 1. The van der Waals surface area contributed by atoms with E-state index in [1.165, 1.54) is 11.0 Å². The van der Waals surface area contributed by atoms with Crippen LogP contribution in [0.15, 0.2) is 35.3 Å². The Kier molecular flexibility index (Phi) is 3.90. The van der Waals surface area contributed by atoms with Crippen molar-refractivity contribution >= 4 is 28.9 Å². The Labute approximate surface area is 137 Å². The summed E-state index contributed by atoms with van der Waals surface area (Å²) < 4.78 is 28.5. The lowest BCUT2D eigenvalue weighted by molar-refractivity contribution is -0.116. The first-order valence-electron chi connectivity index (χ1n) is 6.96. The SMILES string of the molecule is Cc1ccc2c(c1Cl)C(c1c(F)cccc1F)=NCC(=O)N2C. The Morgan fingerprint density at radius 3 is 2.43 bits per heavy atom. The Bertz CT molecular complexity index is 828. The van der Waals surface area contributed by atoms with Crippen molar-refractivity contribution in [3.8, 4) is 0 Å². The molecule has 0 bridgehead atoms. The van der Waals surface area contributed by atoms with Gasteiger partial charge in [0.05, 0.1) is 22.0 Å². The van der Waals surface area contributed by atoms with Gasteiger partial charge in [-0.05, 0) is 30.7 Å². The number of fused-ring (bicyclic) bond motifs is 1. The van der Waals surface area contributed by atoms with Crippen molar-refractivity contribution in [3.05, 3.63) is 63.7 Å². The quantitative estimate of drug-likeness (QED) is 0.782. The topological polar surface area (TPSA) is 32.7 Å². The Morgan fingerprint density at radius 1 is 1.13 bits per heavy atom. The Hall–Kier alpha value is -2.27. The summed E-state index contributed by atoms with van der Waals surface area (Å²) in [6, 6.07) is 7.04. The zero-order chi connectivity index (χ0) is 16.7. The van der Waals surface area contributed by atoms with Crippen molar-refractivity contribution in [2.75, 3.05) is 18.5 Å². The minimum absolute atomic E-state index is 0.0574. The largest absolute Gasteiger partial charge is 0.313 e. The minimum atomic E-state index is -0.746. The van der Waals surface area contributed by atoms with E-state index in [1.54, 1.807) is 26.1 Å². The smallest absolute Gasteiger partial charge is 0.248 e. The van der Waals surface area contributed by atoms with Crippen molar-refractivity contribution in [2.45, 2.75) is 6.92 Å². The first kappa shape index (κ1) is 15.6. The fourth-order valence-electron chi connectivity index (χ4n) is 2.57. The number of hydrogen-bond donors (Lipinski definition) is 0. The van der Waals surface area contributed by atoms with Gasteiger partial charge in [0.25, 0.3) is 0 Å². The van der Waals surface area contributed by atoms with E-state index in [2.05, 4.69) is 4.99 Å². The summed E-state index contributed by atoms with van der Waals surface area (Å²) in [4.78, 5) is 17.7. The van der Waals surface area contributed by atoms with Crippen LogP contribution in [-0.2, 0) is 4.79 Å². The predicted molar refractivity (Wildman–Crippen MR) is 86.5 cm³/mol. The zero-order valence-electron chi connectivity index (χ0n) is 12.5. The second kappa shape index (κ2) is 5.74. The number of halogens is 3. The van der Waals surface area contributed by atoms with Gasteiger partial charge in [0.2, 0.25) is 5.91 Å². The van der Waals surface area contributed by atoms with Gasteiger partial charge in [-0.25, -0.2) is 8.78 Å². The third-order valence-corrected chi connectivity index (χ3v) is 4.34. The molecule has 1 heterocycles. The second-order valence-electron chi connectivity index (χ2n) is 5.30. The summed E-state index contributed by atoms with van der Waals surface area (Å²) in [6.07, 6.45) is 0. The van der Waals surface area contributed by atoms with Crippen LogP contribution in [0.25, 0.3) is 0 Å². The third kappa shape index (κ3) is 2.51. The van der Waals surface area contributed by atoms with E-state index in [0.717, 1.165) is 17.7 Å². The maximum Gasteiger partial charge on any atom is 0.248 e. The highest BCUT2D eigenvalue weighted by atomic mass is 35.5. The Morgan fingerprint density at radius 2 is 1.78 bits per heavy atom. The molecule has 0 aromatic heterocycles. The molecule has 0 N–H and O–H groups in total. The lowest BCUT2D eigenvalue weighted by Gasteiger charge is -2.20. The van der Waals surface area contributed by atoms with Gasteiger partial charge >= 0.3 is 0 Å². The highest BCUT2D eigenvalue weighted by Crippen LogP contribution is 2.35. The molecule has 2 aromatic carbocycles. The fraction of sp³-hybridized carbons (Fsp3) is 0.176. The molecule has 0 radical (unpaired) electrons. The van der Waals surface area contributed by atoms with Crippen LogP contribution in [0.4, 0.5) is 14.5 Å². The molecule has 3 rings (SSSR count). The second-order valence-corrected chi connectivity index (χ2v) is 5.68. The molecule has 0 spiro atoms. The number of carbonyl (C=O) groups excluding carboxylic acids is 1. The first-order valence-corrected chi connectivity index (χ1v) is 7.34. The number of hydrogen-bond acceptors (Lipinski definition) is 2. The van der Waals surface area contributed by atoms with Crippen LogP contribution < -0.4 is 4.90 Å². The van der Waals surface area contributed by atoms with Gasteiger partial charge in [0, 0.05) is 12.6 Å². The number of amides is 1. The molecule has 23 heavy (non-hydrogen) atoms. The van der Waals surface area contributed by atoms with Crippen LogP contribution in [0.5, 0.6) is 0 Å². The monoisotopic (exact) mass is 334 g/mol. The fourth-order valence-corrected chi connectivity index (χ4v) is 2.82. The molecule has 6 heteroatoms. The number of aliphatic imine (C=N–C) groups is 1. The average Bonchev–Trinajstić information content (AvgIpc) is 2.63. The van der Waals surface area contributed by atoms with E-state index < -0.39 is 11.6 Å². The van der Waals surface area contributed by atoms with Crippen molar-refractivity contribution in [1.82, 2.24) is 0 Å². The van der Waals surface area contributed by atoms with Gasteiger partial charge in [-0.1, -0.05) is 23.7 Å². The summed E-state index contributed by atoms with van der Waals surface area (Å²) in [5, 5.41) is 0.324. The Balaban J connectivity index is 2.37.